The summed E-state index contributed by atoms with van der Waals surface area (Å²) in [6, 6.07) is 0.0357. The summed E-state index contributed by atoms with van der Waals surface area (Å²) in [7, 11) is 0. The van der Waals surface area contributed by atoms with Crippen LogP contribution in [0.1, 0.15) is 20.8 Å². The van der Waals surface area contributed by atoms with E-state index < -0.39 is 11.7 Å². The van der Waals surface area contributed by atoms with Gasteiger partial charge < -0.3 is 9.26 Å². The summed E-state index contributed by atoms with van der Waals surface area (Å²) in [6.45, 7) is 5.31. The number of amides is 1. The third kappa shape index (κ3) is 4.20. The summed E-state index contributed by atoms with van der Waals surface area (Å²) >= 11 is 1.32. The van der Waals surface area contributed by atoms with Crippen molar-refractivity contribution < 1.29 is 14.1 Å². The molecule has 0 unspecified atom stereocenters. The van der Waals surface area contributed by atoms with Crippen molar-refractivity contribution in [1.29, 1.82) is 0 Å². The fourth-order valence-electron chi connectivity index (χ4n) is 0.735. The lowest BCUT2D eigenvalue weighted by molar-refractivity contribution is 0.0631. The summed E-state index contributed by atoms with van der Waals surface area (Å²) in [5, 5.41) is 6.39. The zero-order chi connectivity index (χ0) is 11.5. The fraction of sp³-hybridized carbons (Fsp3) is 0.625. The molecule has 0 spiro atoms. The molecule has 84 valence electrons. The van der Waals surface area contributed by atoms with Gasteiger partial charge in [-0.05, 0) is 32.2 Å². The molecule has 1 aromatic rings. The topological polar surface area (TPSA) is 77.2 Å². The molecule has 1 amide bonds. The van der Waals surface area contributed by atoms with Gasteiger partial charge in [0.1, 0.15) is 5.60 Å². The molecular weight excluding hydrogens is 218 g/mol. The van der Waals surface area contributed by atoms with Gasteiger partial charge in [0.25, 0.3) is 0 Å². The van der Waals surface area contributed by atoms with Crippen LogP contribution in [0.25, 0.3) is 0 Å². The lowest BCUT2D eigenvalue weighted by Crippen LogP contribution is -2.27. The van der Waals surface area contributed by atoms with E-state index in [0.29, 0.717) is 5.16 Å². The maximum absolute atomic E-state index is 11.3. The SMILES string of the molecule is CSc1noc(NC(=O)OC(C)(C)C)n1. The van der Waals surface area contributed by atoms with Crippen LogP contribution in [0, 0.1) is 0 Å². The van der Waals surface area contributed by atoms with Crippen molar-refractivity contribution in [2.75, 3.05) is 11.6 Å². The monoisotopic (exact) mass is 231 g/mol. The van der Waals surface area contributed by atoms with Gasteiger partial charge in [-0.2, -0.15) is 4.98 Å². The van der Waals surface area contributed by atoms with Crippen LogP contribution in [0.2, 0.25) is 0 Å². The van der Waals surface area contributed by atoms with Crippen molar-refractivity contribution >= 4 is 23.9 Å². The van der Waals surface area contributed by atoms with Crippen LogP contribution in [0.4, 0.5) is 10.8 Å². The zero-order valence-corrected chi connectivity index (χ0v) is 9.84. The third-order valence-electron chi connectivity index (χ3n) is 1.20. The standard InChI is InChI=1S/C8H13N3O3S/c1-8(2,3)13-7(12)10-5-9-6(15-4)11-14-5/h1-4H3,(H,9,10,11,12). The largest absolute Gasteiger partial charge is 0.443 e. The maximum atomic E-state index is 11.3. The predicted octanol–water partition coefficient (Wildman–Crippen LogP) is 2.14. The quantitative estimate of drug-likeness (QED) is 0.786. The molecule has 0 aliphatic heterocycles. The Balaban J connectivity index is 2.51. The number of nitrogens with zero attached hydrogens (tertiary/aromatic N) is 2. The number of ether oxygens (including phenoxy) is 1. The molecule has 0 atom stereocenters. The van der Waals surface area contributed by atoms with Gasteiger partial charge in [0.2, 0.25) is 5.16 Å². The van der Waals surface area contributed by atoms with Crippen molar-refractivity contribution in [3.63, 3.8) is 0 Å². The lowest BCUT2D eigenvalue weighted by Gasteiger charge is -2.18. The van der Waals surface area contributed by atoms with Crippen molar-refractivity contribution in [2.24, 2.45) is 0 Å². The van der Waals surface area contributed by atoms with Crippen LogP contribution < -0.4 is 5.32 Å². The summed E-state index contributed by atoms with van der Waals surface area (Å²) in [6.07, 6.45) is 1.20. The number of hydrogen-bond donors (Lipinski definition) is 1. The second kappa shape index (κ2) is 4.52. The van der Waals surface area contributed by atoms with E-state index in [9.17, 15) is 4.79 Å². The number of thioether (sulfide) groups is 1. The minimum Gasteiger partial charge on any atom is -0.443 e. The highest BCUT2D eigenvalue weighted by Gasteiger charge is 2.18. The first-order chi connectivity index (χ1) is 6.90. The zero-order valence-electron chi connectivity index (χ0n) is 9.03. The maximum Gasteiger partial charge on any atom is 0.415 e. The van der Waals surface area contributed by atoms with Crippen molar-refractivity contribution in [1.82, 2.24) is 10.1 Å². The van der Waals surface area contributed by atoms with Gasteiger partial charge in [-0.3, -0.25) is 0 Å². The first-order valence-electron chi connectivity index (χ1n) is 4.28. The lowest BCUT2D eigenvalue weighted by atomic mass is 10.2. The highest BCUT2D eigenvalue weighted by atomic mass is 32.2. The molecule has 1 aromatic heterocycles. The molecule has 0 saturated carbocycles. The molecule has 0 radical (unpaired) electrons. The van der Waals surface area contributed by atoms with E-state index in [1.165, 1.54) is 11.8 Å². The second-order valence-electron chi connectivity index (χ2n) is 3.71. The molecule has 0 aliphatic carbocycles. The number of aromatic nitrogens is 2. The average Bonchev–Trinajstić information content (AvgIpc) is 2.48. The van der Waals surface area contributed by atoms with Crippen molar-refractivity contribution in [3.05, 3.63) is 0 Å². The third-order valence-corrected chi connectivity index (χ3v) is 1.73. The molecule has 0 bridgehead atoms. The summed E-state index contributed by atoms with van der Waals surface area (Å²) < 4.78 is 9.75. The molecule has 15 heavy (non-hydrogen) atoms. The Hall–Kier alpha value is -1.24. The molecule has 7 heteroatoms. The van der Waals surface area contributed by atoms with E-state index in [2.05, 4.69) is 15.5 Å². The van der Waals surface area contributed by atoms with Crippen LogP contribution in [0.3, 0.4) is 0 Å². The van der Waals surface area contributed by atoms with Crippen LogP contribution in [-0.2, 0) is 4.74 Å². The Morgan fingerprint density at radius 3 is 2.67 bits per heavy atom. The van der Waals surface area contributed by atoms with E-state index >= 15 is 0 Å². The normalized spacial score (nSPS) is 11.2. The molecule has 1 heterocycles. The predicted molar refractivity (Wildman–Crippen MR) is 55.9 cm³/mol. The molecule has 6 nitrogen and oxygen atoms in total. The molecule has 1 rings (SSSR count). The van der Waals surface area contributed by atoms with Crippen molar-refractivity contribution in [2.45, 2.75) is 31.5 Å². The number of hydrogen-bond acceptors (Lipinski definition) is 6. The molecule has 0 fully saturated rings. The second-order valence-corrected chi connectivity index (χ2v) is 4.49. The molecule has 0 saturated heterocycles. The van der Waals surface area contributed by atoms with Gasteiger partial charge in [0, 0.05) is 0 Å². The Kier molecular flexibility index (Phi) is 3.57. The number of nitrogens with one attached hydrogen (secondary N) is 1. The highest BCUT2D eigenvalue weighted by molar-refractivity contribution is 7.98. The van der Waals surface area contributed by atoms with Gasteiger partial charge in [0.05, 0.1) is 0 Å². The highest BCUT2D eigenvalue weighted by Crippen LogP contribution is 2.14. The first kappa shape index (κ1) is 11.8. The Morgan fingerprint density at radius 2 is 2.20 bits per heavy atom. The number of rotatable bonds is 2. The van der Waals surface area contributed by atoms with Gasteiger partial charge in [0.15, 0.2) is 0 Å². The van der Waals surface area contributed by atoms with Gasteiger partial charge in [-0.15, -0.1) is 0 Å². The van der Waals surface area contributed by atoms with Gasteiger partial charge in [-0.25, -0.2) is 10.1 Å². The van der Waals surface area contributed by atoms with E-state index in [1.54, 1.807) is 20.8 Å². The first-order valence-corrected chi connectivity index (χ1v) is 5.51. The summed E-state index contributed by atoms with van der Waals surface area (Å²) in [5.41, 5.74) is -0.549. The Labute approximate surface area is 91.8 Å². The van der Waals surface area contributed by atoms with Crippen LogP contribution in [-0.4, -0.2) is 28.1 Å². The van der Waals surface area contributed by atoms with Gasteiger partial charge >= 0.3 is 12.1 Å². The van der Waals surface area contributed by atoms with Crippen LogP contribution in [0.5, 0.6) is 0 Å². The Bertz CT molecular complexity index is 345. The number of carbonyl (C=O) groups is 1. The van der Waals surface area contributed by atoms with Crippen LogP contribution in [0.15, 0.2) is 9.68 Å². The van der Waals surface area contributed by atoms with E-state index in [0.717, 1.165) is 0 Å². The van der Waals surface area contributed by atoms with Crippen LogP contribution >= 0.6 is 11.8 Å². The number of anilines is 1. The minimum atomic E-state index is -0.612. The average molecular weight is 231 g/mol. The van der Waals surface area contributed by atoms with E-state index in [1.807, 2.05) is 6.26 Å². The summed E-state index contributed by atoms with van der Waals surface area (Å²) in [5.74, 6) is 0. The van der Waals surface area contributed by atoms with Crippen molar-refractivity contribution in [3.8, 4) is 0 Å². The molecule has 1 N–H and O–H groups in total. The molecule has 0 aliphatic rings. The number of carbonyl (C=O) groups excluding carboxylic acids is 1. The molecule has 0 aromatic carbocycles. The fourth-order valence-corrected chi connectivity index (χ4v) is 1.02. The smallest absolute Gasteiger partial charge is 0.415 e. The van der Waals surface area contributed by atoms with Gasteiger partial charge in [-0.1, -0.05) is 11.8 Å². The van der Waals surface area contributed by atoms with E-state index in [-0.39, 0.29) is 6.01 Å². The Morgan fingerprint density at radius 1 is 1.53 bits per heavy atom. The van der Waals surface area contributed by atoms with E-state index in [4.69, 9.17) is 9.26 Å². The molecular formula is C8H13N3O3S. The minimum absolute atomic E-state index is 0.0357. The summed E-state index contributed by atoms with van der Waals surface area (Å²) in [4.78, 5) is 15.1.